The van der Waals surface area contributed by atoms with E-state index in [9.17, 15) is 13.2 Å². The Morgan fingerprint density at radius 3 is 2.53 bits per heavy atom. The Balaban J connectivity index is 1.98. The highest BCUT2D eigenvalue weighted by Crippen LogP contribution is 2.04. The third-order valence-corrected chi connectivity index (χ3v) is 3.98. The monoisotopic (exact) mass is 279 g/mol. The maximum Gasteiger partial charge on any atom is 0.247 e. The number of sulfonamides is 1. The van der Waals surface area contributed by atoms with Crippen LogP contribution in [-0.4, -0.2) is 24.9 Å². The standard InChI is InChI=1S/C12H13N3O3S/c16-12-2-1-11(9-14-12)19(17,18)15-8-5-10-3-6-13-7-4-10/h1-4,6-7,9,15H,5,8H2,(H,14,16). The van der Waals surface area contributed by atoms with Crippen molar-refractivity contribution < 1.29 is 8.42 Å². The molecule has 0 aliphatic heterocycles. The van der Waals surface area contributed by atoms with Crippen LogP contribution in [0.2, 0.25) is 0 Å². The molecule has 2 aromatic heterocycles. The quantitative estimate of drug-likeness (QED) is 0.823. The minimum absolute atomic E-state index is 0.0434. The minimum atomic E-state index is -3.58. The number of nitrogens with zero attached hydrogens (tertiary/aromatic N) is 1. The van der Waals surface area contributed by atoms with E-state index < -0.39 is 10.0 Å². The topological polar surface area (TPSA) is 91.9 Å². The van der Waals surface area contributed by atoms with E-state index in [1.54, 1.807) is 12.4 Å². The zero-order valence-corrected chi connectivity index (χ0v) is 10.9. The predicted octanol–water partition coefficient (Wildman–Crippen LogP) is 0.291. The van der Waals surface area contributed by atoms with Crippen LogP contribution < -0.4 is 10.3 Å². The maximum absolute atomic E-state index is 11.9. The molecule has 2 rings (SSSR count). The van der Waals surface area contributed by atoms with Crippen LogP contribution in [0.3, 0.4) is 0 Å². The van der Waals surface area contributed by atoms with Crippen LogP contribution in [-0.2, 0) is 16.4 Å². The van der Waals surface area contributed by atoms with Gasteiger partial charge in [-0.1, -0.05) is 0 Å². The summed E-state index contributed by atoms with van der Waals surface area (Å²) in [5, 5.41) is 0. The third-order valence-electron chi connectivity index (χ3n) is 2.52. The van der Waals surface area contributed by atoms with Gasteiger partial charge in [-0.25, -0.2) is 13.1 Å². The molecule has 0 aliphatic carbocycles. The van der Waals surface area contributed by atoms with Crippen LogP contribution in [0.1, 0.15) is 5.56 Å². The zero-order chi connectivity index (χ0) is 13.7. The lowest BCUT2D eigenvalue weighted by molar-refractivity contribution is 0.581. The zero-order valence-electron chi connectivity index (χ0n) is 10.0. The molecule has 2 aromatic rings. The first-order valence-electron chi connectivity index (χ1n) is 5.65. The van der Waals surface area contributed by atoms with Crippen LogP contribution in [0, 0.1) is 0 Å². The molecular formula is C12H13N3O3S. The Bertz CT molecular complexity index is 675. The number of H-pyrrole nitrogens is 1. The van der Waals surface area contributed by atoms with Gasteiger partial charge in [0.25, 0.3) is 0 Å². The Hall–Kier alpha value is -1.99. The summed E-state index contributed by atoms with van der Waals surface area (Å²) >= 11 is 0. The van der Waals surface area contributed by atoms with E-state index in [4.69, 9.17) is 0 Å². The highest BCUT2D eigenvalue weighted by molar-refractivity contribution is 7.89. The van der Waals surface area contributed by atoms with Crippen molar-refractivity contribution in [2.45, 2.75) is 11.3 Å². The van der Waals surface area contributed by atoms with Gasteiger partial charge < -0.3 is 4.98 Å². The molecule has 2 heterocycles. The summed E-state index contributed by atoms with van der Waals surface area (Å²) in [7, 11) is -3.58. The van der Waals surface area contributed by atoms with Crippen LogP contribution >= 0.6 is 0 Å². The van der Waals surface area contributed by atoms with E-state index in [0.717, 1.165) is 5.56 Å². The third kappa shape index (κ3) is 3.73. The molecule has 0 saturated carbocycles. The van der Waals surface area contributed by atoms with Crippen LogP contribution in [0.15, 0.2) is 52.5 Å². The first kappa shape index (κ1) is 13.4. The molecule has 6 nitrogen and oxygen atoms in total. The van der Waals surface area contributed by atoms with Gasteiger partial charge in [-0.15, -0.1) is 0 Å². The summed E-state index contributed by atoms with van der Waals surface area (Å²) in [4.78, 5) is 17.1. The molecule has 0 atom stereocenters. The van der Waals surface area contributed by atoms with Crippen LogP contribution in [0.25, 0.3) is 0 Å². The Kier molecular flexibility index (Phi) is 4.08. The number of hydrogen-bond acceptors (Lipinski definition) is 4. The lowest BCUT2D eigenvalue weighted by Gasteiger charge is -2.06. The summed E-state index contributed by atoms with van der Waals surface area (Å²) in [5.74, 6) is 0. The molecule has 0 saturated heterocycles. The van der Waals surface area contributed by atoms with E-state index in [0.29, 0.717) is 6.42 Å². The Morgan fingerprint density at radius 2 is 1.89 bits per heavy atom. The fraction of sp³-hybridized carbons (Fsp3) is 0.167. The van der Waals surface area contributed by atoms with E-state index in [2.05, 4.69) is 14.7 Å². The number of rotatable bonds is 5. The van der Waals surface area contributed by atoms with Crippen LogP contribution in [0.5, 0.6) is 0 Å². The second-order valence-corrected chi connectivity index (χ2v) is 5.66. The van der Waals surface area contributed by atoms with E-state index in [1.165, 1.54) is 18.3 Å². The Morgan fingerprint density at radius 1 is 1.16 bits per heavy atom. The van der Waals surface area contributed by atoms with Gasteiger partial charge in [0, 0.05) is 31.2 Å². The van der Waals surface area contributed by atoms with Crippen LogP contribution in [0.4, 0.5) is 0 Å². The van der Waals surface area contributed by atoms with Gasteiger partial charge in [0.1, 0.15) is 0 Å². The molecule has 0 unspecified atom stereocenters. The minimum Gasteiger partial charge on any atom is -0.328 e. The molecule has 0 aromatic carbocycles. The van der Waals surface area contributed by atoms with Crippen molar-refractivity contribution in [3.63, 3.8) is 0 Å². The first-order chi connectivity index (χ1) is 9.08. The van der Waals surface area contributed by atoms with Crippen molar-refractivity contribution in [2.75, 3.05) is 6.54 Å². The normalized spacial score (nSPS) is 11.4. The largest absolute Gasteiger partial charge is 0.328 e. The van der Waals surface area contributed by atoms with E-state index in [1.807, 2.05) is 12.1 Å². The number of aromatic nitrogens is 2. The van der Waals surface area contributed by atoms with Gasteiger partial charge in [0.15, 0.2) is 0 Å². The second-order valence-electron chi connectivity index (χ2n) is 3.89. The number of aromatic amines is 1. The summed E-state index contributed by atoms with van der Waals surface area (Å²) < 4.78 is 26.2. The van der Waals surface area contributed by atoms with Crippen molar-refractivity contribution >= 4 is 10.0 Å². The number of nitrogens with one attached hydrogen (secondary N) is 2. The fourth-order valence-electron chi connectivity index (χ4n) is 1.53. The summed E-state index contributed by atoms with van der Waals surface area (Å²) in [6, 6.07) is 6.10. The van der Waals surface area contributed by atoms with Crippen molar-refractivity contribution in [3.05, 3.63) is 58.8 Å². The highest BCUT2D eigenvalue weighted by Gasteiger charge is 2.12. The van der Waals surface area contributed by atoms with Gasteiger partial charge >= 0.3 is 0 Å². The van der Waals surface area contributed by atoms with Gasteiger partial charge in [0.2, 0.25) is 15.6 Å². The SMILES string of the molecule is O=c1ccc(S(=O)(=O)NCCc2ccncc2)c[nH]1. The van der Waals surface area contributed by atoms with Crippen molar-refractivity contribution in [1.82, 2.24) is 14.7 Å². The molecular weight excluding hydrogens is 266 g/mol. The predicted molar refractivity (Wildman–Crippen MR) is 70.2 cm³/mol. The molecule has 0 amide bonds. The summed E-state index contributed by atoms with van der Waals surface area (Å²) in [5.41, 5.74) is 0.662. The lowest BCUT2D eigenvalue weighted by atomic mass is 10.2. The van der Waals surface area contributed by atoms with Crippen molar-refractivity contribution in [2.24, 2.45) is 0 Å². The van der Waals surface area contributed by atoms with E-state index >= 15 is 0 Å². The summed E-state index contributed by atoms with van der Waals surface area (Å²) in [6.07, 6.45) is 5.07. The summed E-state index contributed by atoms with van der Waals surface area (Å²) in [6.45, 7) is 0.283. The molecule has 2 N–H and O–H groups in total. The molecule has 0 aliphatic rings. The molecule has 0 spiro atoms. The van der Waals surface area contributed by atoms with Crippen molar-refractivity contribution in [3.8, 4) is 0 Å². The fourth-order valence-corrected chi connectivity index (χ4v) is 2.52. The van der Waals surface area contributed by atoms with Crippen molar-refractivity contribution in [1.29, 1.82) is 0 Å². The van der Waals surface area contributed by atoms with Gasteiger partial charge in [-0.2, -0.15) is 0 Å². The Labute approximate surface area is 110 Å². The molecule has 19 heavy (non-hydrogen) atoms. The lowest BCUT2D eigenvalue weighted by Crippen LogP contribution is -2.26. The average Bonchev–Trinajstić information content (AvgIpc) is 2.40. The molecule has 100 valence electrons. The highest BCUT2D eigenvalue weighted by atomic mass is 32.2. The molecule has 0 fully saturated rings. The van der Waals surface area contributed by atoms with Gasteiger partial charge in [-0.05, 0) is 30.2 Å². The average molecular weight is 279 g/mol. The van der Waals surface area contributed by atoms with Gasteiger partial charge in [0.05, 0.1) is 4.90 Å². The number of hydrogen-bond donors (Lipinski definition) is 2. The first-order valence-corrected chi connectivity index (χ1v) is 7.13. The van der Waals surface area contributed by atoms with E-state index in [-0.39, 0.29) is 17.0 Å². The molecule has 0 bridgehead atoms. The van der Waals surface area contributed by atoms with Gasteiger partial charge in [-0.3, -0.25) is 9.78 Å². The molecule has 0 radical (unpaired) electrons. The second kappa shape index (κ2) is 5.77. The molecule has 7 heteroatoms. The maximum atomic E-state index is 11.9. The number of pyridine rings is 2. The smallest absolute Gasteiger partial charge is 0.247 e.